The summed E-state index contributed by atoms with van der Waals surface area (Å²) in [6.07, 6.45) is 1.78. The highest BCUT2D eigenvalue weighted by Crippen LogP contribution is 2.51. The van der Waals surface area contributed by atoms with Crippen LogP contribution in [0.3, 0.4) is 0 Å². The lowest BCUT2D eigenvalue weighted by molar-refractivity contribution is 0.0433. The third-order valence-electron chi connectivity index (χ3n) is 4.50. The molecule has 1 aliphatic carbocycles. The minimum absolute atomic E-state index is 0.253. The van der Waals surface area contributed by atoms with E-state index in [1.54, 1.807) is 27.7 Å². The second kappa shape index (κ2) is 4.43. The lowest BCUT2D eigenvalue weighted by atomic mass is 10.0. The summed E-state index contributed by atoms with van der Waals surface area (Å²) in [5.41, 5.74) is -2.16. The van der Waals surface area contributed by atoms with Crippen molar-refractivity contribution in [3.05, 3.63) is 0 Å². The second-order valence-electron chi connectivity index (χ2n) is 7.41. The van der Waals surface area contributed by atoms with Gasteiger partial charge in [-0.3, -0.25) is 0 Å². The van der Waals surface area contributed by atoms with Crippen LogP contribution in [0.15, 0.2) is 9.98 Å². The fourth-order valence-corrected chi connectivity index (χ4v) is 2.64. The van der Waals surface area contributed by atoms with Crippen LogP contribution in [0.1, 0.15) is 40.5 Å². The van der Waals surface area contributed by atoms with Crippen molar-refractivity contribution < 1.29 is 19.7 Å². The predicted octanol–water partition coefficient (Wildman–Crippen LogP) is 0.903. The molecule has 1 saturated carbocycles. The zero-order valence-electron chi connectivity index (χ0n) is 13.1. The van der Waals surface area contributed by atoms with E-state index in [1.807, 2.05) is 0 Å². The van der Waals surface area contributed by atoms with E-state index in [0.29, 0.717) is 25.0 Å². The van der Waals surface area contributed by atoms with Crippen molar-refractivity contribution in [2.24, 2.45) is 15.4 Å². The lowest BCUT2D eigenvalue weighted by Gasteiger charge is -2.20. The molecule has 21 heavy (non-hydrogen) atoms. The first-order valence-electron chi connectivity index (χ1n) is 7.50. The van der Waals surface area contributed by atoms with Crippen LogP contribution in [-0.2, 0) is 9.47 Å². The number of hydrogen-bond acceptors (Lipinski definition) is 6. The van der Waals surface area contributed by atoms with E-state index in [1.165, 1.54) is 0 Å². The summed E-state index contributed by atoms with van der Waals surface area (Å²) in [6.45, 7) is 7.73. The summed E-state index contributed by atoms with van der Waals surface area (Å²) in [5, 5.41) is 20.1. The highest BCUT2D eigenvalue weighted by molar-refractivity contribution is 6.09. The van der Waals surface area contributed by atoms with Gasteiger partial charge in [0.25, 0.3) is 0 Å². The fourth-order valence-electron chi connectivity index (χ4n) is 2.64. The molecule has 2 aliphatic heterocycles. The molecule has 3 rings (SSSR count). The Bertz CT molecular complexity index is 453. The number of aliphatic imine (C=N–C) groups is 2. The molecule has 2 atom stereocenters. The van der Waals surface area contributed by atoms with Gasteiger partial charge in [0.2, 0.25) is 0 Å². The molecule has 0 aromatic heterocycles. The van der Waals surface area contributed by atoms with Crippen LogP contribution >= 0.6 is 0 Å². The molecule has 0 unspecified atom stereocenters. The van der Waals surface area contributed by atoms with E-state index >= 15 is 0 Å². The van der Waals surface area contributed by atoms with E-state index in [2.05, 4.69) is 9.98 Å². The smallest absolute Gasteiger partial charge is 0.199 e. The van der Waals surface area contributed by atoms with Crippen LogP contribution in [-0.4, -0.2) is 58.5 Å². The van der Waals surface area contributed by atoms with Gasteiger partial charge < -0.3 is 19.7 Å². The van der Waals surface area contributed by atoms with Gasteiger partial charge in [-0.1, -0.05) is 0 Å². The van der Waals surface area contributed by atoms with Gasteiger partial charge in [0.1, 0.15) is 30.7 Å². The Labute approximate surface area is 124 Å². The zero-order valence-corrected chi connectivity index (χ0v) is 13.1. The summed E-state index contributed by atoms with van der Waals surface area (Å²) in [7, 11) is 0. The van der Waals surface area contributed by atoms with E-state index in [0.717, 1.165) is 12.8 Å². The maximum absolute atomic E-state index is 10.1. The van der Waals surface area contributed by atoms with Gasteiger partial charge in [-0.25, -0.2) is 9.98 Å². The molecule has 0 spiro atoms. The van der Waals surface area contributed by atoms with E-state index in [9.17, 15) is 10.2 Å². The Hall–Kier alpha value is -1.14. The molecular weight excluding hydrogens is 272 g/mol. The predicted molar refractivity (Wildman–Crippen MR) is 78.6 cm³/mol. The molecule has 2 N–H and O–H groups in total. The average molecular weight is 296 g/mol. The molecule has 118 valence electrons. The molecule has 2 heterocycles. The van der Waals surface area contributed by atoms with Gasteiger partial charge >= 0.3 is 0 Å². The van der Waals surface area contributed by atoms with Crippen LogP contribution < -0.4 is 0 Å². The van der Waals surface area contributed by atoms with Crippen LogP contribution in [0.4, 0.5) is 0 Å². The molecule has 6 nitrogen and oxygen atoms in total. The Morgan fingerprint density at radius 3 is 1.52 bits per heavy atom. The quantitative estimate of drug-likeness (QED) is 0.807. The lowest BCUT2D eigenvalue weighted by Crippen LogP contribution is -2.35. The summed E-state index contributed by atoms with van der Waals surface area (Å²) < 4.78 is 11.4. The third-order valence-corrected chi connectivity index (χ3v) is 4.50. The largest absolute Gasteiger partial charge is 0.478 e. The molecule has 0 aromatic rings. The van der Waals surface area contributed by atoms with Crippen molar-refractivity contribution in [3.63, 3.8) is 0 Å². The summed E-state index contributed by atoms with van der Waals surface area (Å²) in [6, 6.07) is -0.505. The van der Waals surface area contributed by atoms with Crippen LogP contribution in [0.2, 0.25) is 0 Å². The maximum atomic E-state index is 10.1. The van der Waals surface area contributed by atoms with E-state index in [4.69, 9.17) is 9.47 Å². The van der Waals surface area contributed by atoms with Gasteiger partial charge in [-0.2, -0.15) is 0 Å². The third kappa shape index (κ3) is 2.55. The number of ether oxygens (including phenoxy) is 2. The molecule has 0 amide bonds. The molecule has 3 aliphatic rings. The van der Waals surface area contributed by atoms with Gasteiger partial charge in [0, 0.05) is 0 Å². The van der Waals surface area contributed by atoms with Gasteiger partial charge in [-0.05, 0) is 40.5 Å². The van der Waals surface area contributed by atoms with Crippen molar-refractivity contribution in [3.8, 4) is 0 Å². The standard InChI is InChI=1S/C15H24N2O4/c1-13(2,18)9-7-20-11(16-9)15(5-6-15)12-17-10(8-21-12)14(3,4)19/h9-10,18-19H,5-8H2,1-4H3/t9-,10+. The number of hydrogen-bond donors (Lipinski definition) is 2. The fraction of sp³-hybridized carbons (Fsp3) is 0.867. The maximum Gasteiger partial charge on any atom is 0.199 e. The van der Waals surface area contributed by atoms with E-state index < -0.39 is 11.2 Å². The molecule has 1 fully saturated rings. The summed E-state index contributed by atoms with van der Waals surface area (Å²) in [5.74, 6) is 1.26. The summed E-state index contributed by atoms with van der Waals surface area (Å²) >= 11 is 0. The minimum atomic E-state index is -0.897. The van der Waals surface area contributed by atoms with Crippen LogP contribution in [0, 0.1) is 5.41 Å². The summed E-state index contributed by atoms with van der Waals surface area (Å²) in [4.78, 5) is 9.09. The number of rotatable bonds is 4. The highest BCUT2D eigenvalue weighted by atomic mass is 16.5. The highest BCUT2D eigenvalue weighted by Gasteiger charge is 2.59. The van der Waals surface area contributed by atoms with Gasteiger partial charge in [-0.15, -0.1) is 0 Å². The number of nitrogens with zero attached hydrogens (tertiary/aromatic N) is 2. The molecule has 0 saturated heterocycles. The van der Waals surface area contributed by atoms with Crippen LogP contribution in [0.25, 0.3) is 0 Å². The van der Waals surface area contributed by atoms with Crippen molar-refractivity contribution in [1.29, 1.82) is 0 Å². The molecule has 0 aromatic carbocycles. The molecule has 6 heteroatoms. The van der Waals surface area contributed by atoms with Crippen LogP contribution in [0.5, 0.6) is 0 Å². The monoisotopic (exact) mass is 296 g/mol. The van der Waals surface area contributed by atoms with Gasteiger partial charge in [0.15, 0.2) is 11.8 Å². The SMILES string of the molecule is CC(C)(O)[C@@H]1COC(C2(C3=N[C@@H](C(C)(C)O)CO3)CC2)=N1. The Kier molecular flexibility index (Phi) is 3.12. The first kappa shape index (κ1) is 14.8. The molecule has 0 bridgehead atoms. The van der Waals surface area contributed by atoms with Crippen molar-refractivity contribution in [1.82, 2.24) is 0 Å². The van der Waals surface area contributed by atoms with Crippen molar-refractivity contribution >= 4 is 11.8 Å². The number of aliphatic hydroxyl groups is 2. The minimum Gasteiger partial charge on any atom is -0.478 e. The molecule has 0 radical (unpaired) electrons. The molecular formula is C15H24N2O4. The topological polar surface area (TPSA) is 83.6 Å². The Morgan fingerprint density at radius 1 is 0.905 bits per heavy atom. The normalized spacial score (nSPS) is 31.3. The first-order valence-corrected chi connectivity index (χ1v) is 7.50. The Balaban J connectivity index is 1.81. The van der Waals surface area contributed by atoms with Crippen molar-refractivity contribution in [2.75, 3.05) is 13.2 Å². The average Bonchev–Trinajstić information content (AvgIpc) is 2.82. The Morgan fingerprint density at radius 2 is 1.29 bits per heavy atom. The van der Waals surface area contributed by atoms with Gasteiger partial charge in [0.05, 0.1) is 11.2 Å². The van der Waals surface area contributed by atoms with E-state index in [-0.39, 0.29) is 17.5 Å². The van der Waals surface area contributed by atoms with Crippen molar-refractivity contribution in [2.45, 2.75) is 63.8 Å². The first-order chi connectivity index (χ1) is 9.63. The zero-order chi connectivity index (χ0) is 15.5. The second-order valence-corrected chi connectivity index (χ2v) is 7.41.